The number of rotatable bonds is 2. The molecule has 0 bridgehead atoms. The number of piperazine rings is 1. The maximum Gasteiger partial charge on any atom is 0.418 e. The number of nitrogens with zero attached hydrogens (tertiary/aromatic N) is 3. The first kappa shape index (κ1) is 23.2. The summed E-state index contributed by atoms with van der Waals surface area (Å²) in [4.78, 5) is 30.7. The van der Waals surface area contributed by atoms with E-state index in [1.54, 1.807) is 24.3 Å². The molecule has 0 spiro atoms. The number of fused-ring (bicyclic) bond motifs is 3. The van der Waals surface area contributed by atoms with E-state index in [0.29, 0.717) is 21.5 Å². The topological polar surface area (TPSA) is 73.2 Å². The van der Waals surface area contributed by atoms with Gasteiger partial charge in [-0.25, -0.2) is 9.79 Å². The Labute approximate surface area is 203 Å². The molecule has 1 saturated heterocycles. The predicted molar refractivity (Wildman–Crippen MR) is 127 cm³/mol. The Hall–Kier alpha value is -3.59. The summed E-state index contributed by atoms with van der Waals surface area (Å²) in [7, 11) is 0. The monoisotopic (exact) mass is 501 g/mol. The molecule has 1 unspecified atom stereocenters. The van der Waals surface area contributed by atoms with E-state index in [0.717, 1.165) is 11.5 Å². The number of alkyl halides is 3. The summed E-state index contributed by atoms with van der Waals surface area (Å²) < 4.78 is 42.6. The third kappa shape index (κ3) is 4.20. The molecule has 2 aliphatic heterocycles. The van der Waals surface area contributed by atoms with Crippen molar-refractivity contribution >= 4 is 46.3 Å². The van der Waals surface area contributed by atoms with Gasteiger partial charge in [-0.3, -0.25) is 4.79 Å². The molecule has 2 aliphatic rings. The van der Waals surface area contributed by atoms with E-state index in [9.17, 15) is 22.8 Å². The molecule has 1 N–H and O–H groups in total. The lowest BCUT2D eigenvalue weighted by atomic mass is 9.82. The number of anilines is 1. The minimum atomic E-state index is -4.68. The summed E-state index contributed by atoms with van der Waals surface area (Å²) >= 11 is 6.20. The Morgan fingerprint density at radius 2 is 1.74 bits per heavy atom. The fraction of sp³-hybridized carbons (Fsp3) is 0.240. The van der Waals surface area contributed by atoms with Gasteiger partial charge in [0, 0.05) is 43.1 Å². The summed E-state index contributed by atoms with van der Waals surface area (Å²) in [5, 5.41) is 11.1. The second-order valence-corrected chi connectivity index (χ2v) is 8.93. The van der Waals surface area contributed by atoms with Crippen molar-refractivity contribution in [3.63, 3.8) is 0 Å². The van der Waals surface area contributed by atoms with Crippen LogP contribution in [0.15, 0.2) is 53.5 Å². The molecule has 6 nitrogen and oxygen atoms in total. The third-order valence-corrected chi connectivity index (χ3v) is 6.71. The molecule has 0 saturated carbocycles. The van der Waals surface area contributed by atoms with Gasteiger partial charge in [-0.05, 0) is 51.7 Å². The molecule has 2 heterocycles. The lowest BCUT2D eigenvalue weighted by Gasteiger charge is -2.36. The molecule has 5 rings (SSSR count). The van der Waals surface area contributed by atoms with Crippen LogP contribution in [0.2, 0.25) is 5.02 Å². The van der Waals surface area contributed by atoms with Gasteiger partial charge in [0.05, 0.1) is 11.5 Å². The van der Waals surface area contributed by atoms with Crippen LogP contribution in [0.3, 0.4) is 0 Å². The van der Waals surface area contributed by atoms with Gasteiger partial charge in [0.1, 0.15) is 0 Å². The Morgan fingerprint density at radius 3 is 2.43 bits per heavy atom. The fourth-order valence-electron chi connectivity index (χ4n) is 4.78. The highest BCUT2D eigenvalue weighted by atomic mass is 35.5. The van der Waals surface area contributed by atoms with E-state index in [2.05, 4.69) is 4.99 Å². The molecule has 0 aromatic heterocycles. The Bertz CT molecular complexity index is 1380. The van der Waals surface area contributed by atoms with E-state index in [1.807, 2.05) is 6.07 Å². The van der Waals surface area contributed by atoms with Gasteiger partial charge in [-0.15, -0.1) is 0 Å². The van der Waals surface area contributed by atoms with E-state index in [1.165, 1.54) is 28.1 Å². The number of aliphatic imine (C=N–C) groups is 1. The number of hydrogen-bond acceptors (Lipinski definition) is 3. The van der Waals surface area contributed by atoms with Gasteiger partial charge in [-0.1, -0.05) is 35.9 Å². The zero-order valence-corrected chi connectivity index (χ0v) is 19.0. The van der Waals surface area contributed by atoms with Crippen molar-refractivity contribution in [2.75, 3.05) is 31.1 Å². The normalized spacial score (nSPS) is 18.2. The molecular formula is C25H19ClF3N3O3. The van der Waals surface area contributed by atoms with Crippen LogP contribution >= 0.6 is 11.6 Å². The van der Waals surface area contributed by atoms with Crippen molar-refractivity contribution in [3.8, 4) is 0 Å². The van der Waals surface area contributed by atoms with Crippen molar-refractivity contribution < 1.29 is 27.9 Å². The molecule has 3 aromatic carbocycles. The van der Waals surface area contributed by atoms with Crippen LogP contribution in [0.25, 0.3) is 10.8 Å². The van der Waals surface area contributed by atoms with Crippen LogP contribution in [0, 0.1) is 0 Å². The van der Waals surface area contributed by atoms with Crippen molar-refractivity contribution in [2.24, 2.45) is 4.99 Å². The van der Waals surface area contributed by atoms with Crippen LogP contribution < -0.4 is 4.90 Å². The van der Waals surface area contributed by atoms with Crippen LogP contribution in [0.4, 0.5) is 23.7 Å². The summed E-state index contributed by atoms with van der Waals surface area (Å²) in [6.45, 7) is 0.468. The van der Waals surface area contributed by atoms with Gasteiger partial charge in [-0.2, -0.15) is 13.2 Å². The second kappa shape index (κ2) is 8.57. The lowest BCUT2D eigenvalue weighted by Crippen LogP contribution is -2.48. The maximum atomic E-state index is 14.2. The largest absolute Gasteiger partial charge is 0.465 e. The molecule has 2 amide bonds. The van der Waals surface area contributed by atoms with Crippen LogP contribution in [0.1, 0.15) is 28.2 Å². The summed E-state index contributed by atoms with van der Waals surface area (Å²) in [5.74, 6) is -1.57. The quantitative estimate of drug-likeness (QED) is 0.510. The van der Waals surface area contributed by atoms with Crippen LogP contribution in [-0.2, 0) is 11.0 Å². The minimum absolute atomic E-state index is 0.0424. The van der Waals surface area contributed by atoms with Gasteiger partial charge < -0.3 is 14.9 Å². The molecule has 35 heavy (non-hydrogen) atoms. The van der Waals surface area contributed by atoms with Crippen LogP contribution in [0.5, 0.6) is 0 Å². The predicted octanol–water partition coefficient (Wildman–Crippen LogP) is 5.40. The minimum Gasteiger partial charge on any atom is -0.465 e. The number of carbonyl (C=O) groups excluding carboxylic acids is 1. The van der Waals surface area contributed by atoms with Crippen molar-refractivity contribution in [3.05, 3.63) is 75.8 Å². The molecule has 1 fully saturated rings. The first-order valence-corrected chi connectivity index (χ1v) is 11.3. The average molecular weight is 502 g/mol. The first-order valence-electron chi connectivity index (χ1n) is 10.9. The highest BCUT2D eigenvalue weighted by Gasteiger charge is 2.38. The number of amides is 2. The number of benzene rings is 3. The zero-order chi connectivity index (χ0) is 24.9. The number of carbonyl (C=O) groups is 2. The summed E-state index contributed by atoms with van der Waals surface area (Å²) in [6, 6.07) is 12.7. The fourth-order valence-corrected chi connectivity index (χ4v) is 4.95. The van der Waals surface area contributed by atoms with Gasteiger partial charge in [0.2, 0.25) is 0 Å². The smallest absolute Gasteiger partial charge is 0.418 e. The van der Waals surface area contributed by atoms with Crippen LogP contribution in [-0.4, -0.2) is 54.4 Å². The van der Waals surface area contributed by atoms with Gasteiger partial charge >= 0.3 is 12.3 Å². The standard InChI is InChI=1S/C25H19ClF3N3O3/c26-17-5-3-14-1-2-16-13-30-23(33)22(21(16)18(14)12-17)15-4-6-20(19(11-15)25(27,28)29)31-7-9-32(10-8-31)24(34)35/h1-6,11-13,22H,7-10H2,(H,34,35). The molecule has 180 valence electrons. The van der Waals surface area contributed by atoms with E-state index >= 15 is 0 Å². The van der Waals surface area contributed by atoms with Crippen molar-refractivity contribution in [2.45, 2.75) is 12.1 Å². The van der Waals surface area contributed by atoms with Crippen molar-refractivity contribution in [1.29, 1.82) is 0 Å². The molecule has 3 aromatic rings. The summed E-state index contributed by atoms with van der Waals surface area (Å²) in [5.41, 5.74) is 0.480. The average Bonchev–Trinajstić information content (AvgIpc) is 2.83. The second-order valence-electron chi connectivity index (χ2n) is 8.49. The Morgan fingerprint density at radius 1 is 1.03 bits per heavy atom. The number of halogens is 4. The Balaban J connectivity index is 1.61. The number of hydrogen-bond donors (Lipinski definition) is 1. The van der Waals surface area contributed by atoms with Gasteiger partial charge in [0.15, 0.2) is 0 Å². The van der Waals surface area contributed by atoms with E-state index < -0.39 is 29.7 Å². The Kier molecular flexibility index (Phi) is 5.67. The number of carboxylic acid groups (broad SMARTS) is 1. The SMILES string of the molecule is O=C1N=Cc2ccc3ccc(Cl)cc3c2C1c1ccc(N2CCN(C(=O)O)CC2)c(C(F)(F)F)c1. The molecule has 0 aliphatic carbocycles. The molecule has 1 atom stereocenters. The first-order chi connectivity index (χ1) is 16.6. The van der Waals surface area contributed by atoms with E-state index in [-0.39, 0.29) is 37.4 Å². The molecule has 10 heteroatoms. The highest BCUT2D eigenvalue weighted by Crippen LogP contribution is 2.42. The van der Waals surface area contributed by atoms with E-state index in [4.69, 9.17) is 16.7 Å². The molecular weight excluding hydrogens is 483 g/mol. The lowest BCUT2D eigenvalue weighted by molar-refractivity contribution is -0.137. The summed E-state index contributed by atoms with van der Waals surface area (Å²) in [6.07, 6.45) is -4.35. The maximum absolute atomic E-state index is 14.2. The van der Waals surface area contributed by atoms with Gasteiger partial charge in [0.25, 0.3) is 5.91 Å². The zero-order valence-electron chi connectivity index (χ0n) is 18.2. The third-order valence-electron chi connectivity index (χ3n) is 6.48. The highest BCUT2D eigenvalue weighted by molar-refractivity contribution is 6.31. The van der Waals surface area contributed by atoms with Crippen molar-refractivity contribution in [1.82, 2.24) is 4.90 Å². The molecule has 0 radical (unpaired) electrons.